The van der Waals surface area contributed by atoms with Gasteiger partial charge in [0.25, 0.3) is 0 Å². The van der Waals surface area contributed by atoms with Crippen LogP contribution in [0.3, 0.4) is 0 Å². The van der Waals surface area contributed by atoms with Crippen LogP contribution in [0.5, 0.6) is 0 Å². The van der Waals surface area contributed by atoms with Crippen molar-refractivity contribution in [1.29, 1.82) is 0 Å². The molecule has 11 heavy (non-hydrogen) atoms. The summed E-state index contributed by atoms with van der Waals surface area (Å²) in [5.74, 6) is 0. The van der Waals surface area contributed by atoms with Crippen LogP contribution in [0.25, 0.3) is 0 Å². The molecule has 0 aromatic carbocycles. The van der Waals surface area contributed by atoms with Crippen LogP contribution in [0.2, 0.25) is 0 Å². The molecule has 0 amide bonds. The second-order valence-corrected chi connectivity index (χ2v) is 3.63. The average Bonchev–Trinajstić information content (AvgIpc) is 1.12. The summed E-state index contributed by atoms with van der Waals surface area (Å²) in [6.07, 6.45) is 0. The summed E-state index contributed by atoms with van der Waals surface area (Å²) >= 11 is 0. The fourth-order valence-corrected chi connectivity index (χ4v) is 0. The van der Waals surface area contributed by atoms with Crippen LogP contribution in [-0.2, 0) is 36.8 Å². The van der Waals surface area contributed by atoms with E-state index in [1.807, 2.05) is 0 Å². The van der Waals surface area contributed by atoms with E-state index >= 15 is 0 Å². The number of hydrogen-bond donors (Lipinski definition) is 1. The Labute approximate surface area is 78.0 Å². The van der Waals surface area contributed by atoms with E-state index in [1.54, 1.807) is 0 Å². The van der Waals surface area contributed by atoms with E-state index < -0.39 is 19.7 Å². The van der Waals surface area contributed by atoms with Crippen molar-refractivity contribution in [3.8, 4) is 0 Å². The Hall–Kier alpha value is 0.589. The first-order valence-corrected chi connectivity index (χ1v) is 4.94. The van der Waals surface area contributed by atoms with Crippen LogP contribution in [0.1, 0.15) is 0 Å². The van der Waals surface area contributed by atoms with Gasteiger partial charge in [-0.25, -0.2) is 0 Å². The van der Waals surface area contributed by atoms with Crippen LogP contribution in [0.15, 0.2) is 0 Å². The van der Waals surface area contributed by atoms with Crippen molar-refractivity contribution in [3.05, 3.63) is 0 Å². The van der Waals surface area contributed by atoms with Crippen LogP contribution in [0, 0.1) is 0 Å². The molecule has 0 atom stereocenters. The molecule has 11 heteroatoms. The number of hydrogen-bond acceptors (Lipinski definition) is 6. The van der Waals surface area contributed by atoms with Gasteiger partial charge in [0.2, 0.25) is 0 Å². The van der Waals surface area contributed by atoms with Crippen LogP contribution in [-0.4, -0.2) is 30.5 Å². The molecule has 0 aromatic heterocycles. The normalized spacial score (nSPS) is 10.5. The minimum absolute atomic E-state index is 0. The Morgan fingerprint density at radius 3 is 1.09 bits per heavy atom. The SMILES string of the molecule is O=S(=O)(O)Cl.O=S(=O)([O-])[O-].[Cu+2]. The van der Waals surface area contributed by atoms with E-state index in [4.69, 9.17) is 30.5 Å². The third kappa shape index (κ3) is 2250. The predicted octanol–water partition coefficient (Wildman–Crippen LogP) is -1.31. The Morgan fingerprint density at radius 1 is 1.09 bits per heavy atom. The first-order chi connectivity index (χ1) is 4.00. The summed E-state index contributed by atoms with van der Waals surface area (Å²) < 4.78 is 59.2. The van der Waals surface area contributed by atoms with Crippen molar-refractivity contribution in [2.24, 2.45) is 0 Å². The molecule has 0 saturated heterocycles. The van der Waals surface area contributed by atoms with Gasteiger partial charge in [0, 0.05) is 21.1 Å². The molecule has 0 spiro atoms. The topological polar surface area (TPSA) is 135 Å². The molecular weight excluding hydrogens is 275 g/mol. The summed E-state index contributed by atoms with van der Waals surface area (Å²) in [6, 6.07) is 0. The van der Waals surface area contributed by atoms with Gasteiger partial charge in [0.05, 0.1) is 0 Å². The summed E-state index contributed by atoms with van der Waals surface area (Å²) in [4.78, 5) is 0. The van der Waals surface area contributed by atoms with Crippen molar-refractivity contribution >= 4 is 30.4 Å². The zero-order chi connectivity index (χ0) is 9.00. The van der Waals surface area contributed by atoms with E-state index in [0.717, 1.165) is 0 Å². The molecule has 0 aliphatic heterocycles. The first-order valence-electron chi connectivity index (χ1n) is 1.34. The van der Waals surface area contributed by atoms with E-state index in [0.29, 0.717) is 0 Å². The van der Waals surface area contributed by atoms with Gasteiger partial charge in [-0.05, 0) is 0 Å². The Kier molecular flexibility index (Phi) is 9.84. The van der Waals surface area contributed by atoms with Gasteiger partial charge in [-0.1, -0.05) is 0 Å². The molecule has 0 heterocycles. The summed E-state index contributed by atoms with van der Waals surface area (Å²) in [5.41, 5.74) is 0. The van der Waals surface area contributed by atoms with Crippen molar-refractivity contribution in [2.45, 2.75) is 0 Å². The smallest absolute Gasteiger partial charge is 0.759 e. The summed E-state index contributed by atoms with van der Waals surface area (Å²) in [5, 5.41) is 0. The fraction of sp³-hybridized carbons (Fsp3) is 0. The molecule has 0 bridgehead atoms. The largest absolute Gasteiger partial charge is 2.00 e. The Morgan fingerprint density at radius 2 is 1.09 bits per heavy atom. The zero-order valence-corrected chi connectivity index (χ0v) is 7.72. The van der Waals surface area contributed by atoms with E-state index in [2.05, 4.69) is 10.7 Å². The van der Waals surface area contributed by atoms with Crippen molar-refractivity contribution in [1.82, 2.24) is 0 Å². The monoisotopic (exact) mass is 275 g/mol. The molecule has 1 radical (unpaired) electrons. The fourth-order valence-electron chi connectivity index (χ4n) is 0. The molecule has 0 aromatic rings. The average molecular weight is 276 g/mol. The molecule has 73 valence electrons. The third-order valence-corrected chi connectivity index (χ3v) is 0. The number of rotatable bonds is 0. The first kappa shape index (κ1) is 17.6. The number of halogens is 1. The predicted molar refractivity (Wildman–Crippen MR) is 27.9 cm³/mol. The minimum Gasteiger partial charge on any atom is -0.759 e. The van der Waals surface area contributed by atoms with Gasteiger partial charge in [0.1, 0.15) is 0 Å². The standard InChI is InChI=1S/ClHO3S.Cu.H2O4S/c1-5(2,3)4;;1-5(2,3)4/h(H,2,3,4);;(H2,1,2,3,4)/q;+2;/p-2. The zero-order valence-electron chi connectivity index (χ0n) is 4.39. The molecular formula is HClCuO7S2. The quantitative estimate of drug-likeness (QED) is 0.251. The molecule has 1 N–H and O–H groups in total. The minimum atomic E-state index is -5.17. The summed E-state index contributed by atoms with van der Waals surface area (Å²) in [6.45, 7) is 0. The molecule has 7 nitrogen and oxygen atoms in total. The molecule has 0 aliphatic carbocycles. The van der Waals surface area contributed by atoms with E-state index in [-0.39, 0.29) is 17.1 Å². The Bertz CT molecular complexity index is 213. The van der Waals surface area contributed by atoms with Gasteiger partial charge in [-0.3, -0.25) is 13.0 Å². The summed E-state index contributed by atoms with van der Waals surface area (Å²) in [7, 11) is -5.30. The molecule has 0 fully saturated rings. The molecule has 0 saturated carbocycles. The van der Waals surface area contributed by atoms with Crippen LogP contribution < -0.4 is 0 Å². The maximum absolute atomic E-state index is 8.95. The third-order valence-electron chi connectivity index (χ3n) is 0. The van der Waals surface area contributed by atoms with Crippen molar-refractivity contribution in [2.75, 3.05) is 0 Å². The van der Waals surface area contributed by atoms with E-state index in [1.165, 1.54) is 0 Å². The molecule has 0 rings (SSSR count). The molecule has 0 aliphatic rings. The van der Waals surface area contributed by atoms with Crippen molar-refractivity contribution < 1.29 is 47.6 Å². The van der Waals surface area contributed by atoms with Gasteiger partial charge in [0.15, 0.2) is 0 Å². The van der Waals surface area contributed by atoms with Crippen molar-refractivity contribution in [3.63, 3.8) is 0 Å². The molecule has 0 unspecified atom stereocenters. The maximum atomic E-state index is 8.95. The second kappa shape index (κ2) is 6.14. The Balaban J connectivity index is -0.000000107. The van der Waals surface area contributed by atoms with E-state index in [9.17, 15) is 0 Å². The van der Waals surface area contributed by atoms with Crippen LogP contribution in [0.4, 0.5) is 0 Å². The van der Waals surface area contributed by atoms with Gasteiger partial charge >= 0.3 is 26.4 Å². The van der Waals surface area contributed by atoms with Crippen LogP contribution >= 0.6 is 10.7 Å². The second-order valence-electron chi connectivity index (χ2n) is 0.820. The van der Waals surface area contributed by atoms with Gasteiger partial charge < -0.3 is 9.11 Å². The van der Waals surface area contributed by atoms with Gasteiger partial charge in [-0.15, -0.1) is 0 Å². The van der Waals surface area contributed by atoms with Gasteiger partial charge in [-0.2, -0.15) is 8.42 Å². The maximum Gasteiger partial charge on any atom is 2.00 e.